The van der Waals surface area contributed by atoms with E-state index in [2.05, 4.69) is 41.1 Å². The van der Waals surface area contributed by atoms with Gasteiger partial charge in [-0.15, -0.1) is 0 Å². The number of halogens is 1. The van der Waals surface area contributed by atoms with Gasteiger partial charge < -0.3 is 15.6 Å². The third kappa shape index (κ3) is 4.75. The first kappa shape index (κ1) is 25.2. The average Bonchev–Trinajstić information content (AvgIpc) is 3.74. The minimum atomic E-state index is -1.21. The zero-order valence-corrected chi connectivity index (χ0v) is 21.1. The normalized spacial score (nSPS) is 17.4. The van der Waals surface area contributed by atoms with Gasteiger partial charge in [-0.05, 0) is 41.0 Å². The molecule has 5 heterocycles. The number of carbonyl (C=O) groups excluding carboxylic acids is 2. The van der Waals surface area contributed by atoms with Crippen molar-refractivity contribution >= 4 is 28.5 Å². The van der Waals surface area contributed by atoms with E-state index in [1.54, 1.807) is 35.0 Å². The monoisotopic (exact) mass is 547 g/mol. The number of likely N-dealkylation sites (tertiary alicyclic amines) is 1. The molecule has 40 heavy (non-hydrogen) atoms. The second-order valence-corrected chi connectivity index (χ2v) is 9.24. The molecule has 15 nitrogen and oxygen atoms in total. The van der Waals surface area contributed by atoms with Crippen LogP contribution in [0, 0.1) is 6.92 Å². The molecule has 1 aromatic carbocycles. The Kier molecular flexibility index (Phi) is 6.43. The molecular weight excluding hydrogens is 525 g/mol. The van der Waals surface area contributed by atoms with E-state index in [0.717, 1.165) is 11.1 Å². The maximum absolute atomic E-state index is 14.5. The summed E-state index contributed by atoms with van der Waals surface area (Å²) in [5, 5.41) is 26.4. The summed E-state index contributed by atoms with van der Waals surface area (Å²) in [6, 6.07) is 6.52. The summed E-state index contributed by atoms with van der Waals surface area (Å²) in [6.45, 7) is 2.22. The van der Waals surface area contributed by atoms with E-state index in [0.29, 0.717) is 16.7 Å². The lowest BCUT2D eigenvalue weighted by Crippen LogP contribution is -2.41. The average molecular weight is 548 g/mol. The highest BCUT2D eigenvalue weighted by Gasteiger charge is 2.38. The number of aromatic nitrogens is 8. The van der Waals surface area contributed by atoms with Crippen molar-refractivity contribution < 1.29 is 23.1 Å². The number of nitrogens with one attached hydrogen (secondary N) is 1. The Labute approximate surface area is 224 Å². The van der Waals surface area contributed by atoms with E-state index in [4.69, 9.17) is 14.9 Å². The summed E-state index contributed by atoms with van der Waals surface area (Å²) in [5.41, 5.74) is 8.10. The molecule has 1 fully saturated rings. The number of amides is 2. The molecule has 6 rings (SSSR count). The van der Waals surface area contributed by atoms with Crippen molar-refractivity contribution in [1.29, 1.82) is 0 Å². The molecular formula is C24H22FN11O4. The Morgan fingerprint density at radius 1 is 1.15 bits per heavy atom. The number of alkyl halides is 1. The number of fused-ring (bicyclic) bond motifs is 1. The van der Waals surface area contributed by atoms with Gasteiger partial charge in [0.25, 0.3) is 11.8 Å². The minimum absolute atomic E-state index is 0.0121. The summed E-state index contributed by atoms with van der Waals surface area (Å²) in [7, 11) is 0. The highest BCUT2D eigenvalue weighted by atomic mass is 19.1. The maximum Gasteiger partial charge on any atom is 0.284 e. The third-order valence-corrected chi connectivity index (χ3v) is 6.62. The number of hydrogen-bond donors (Lipinski definition) is 2. The number of carbonyl (C=O) groups is 2. The first-order valence-electron chi connectivity index (χ1n) is 12.3. The van der Waals surface area contributed by atoms with Gasteiger partial charge in [0.05, 0.1) is 30.5 Å². The van der Waals surface area contributed by atoms with Crippen molar-refractivity contribution in [2.45, 2.75) is 32.1 Å². The van der Waals surface area contributed by atoms with E-state index in [1.165, 1.54) is 0 Å². The Bertz CT molecular complexity index is 1700. The predicted molar refractivity (Wildman–Crippen MR) is 135 cm³/mol. The molecule has 1 aliphatic rings. The molecule has 1 saturated heterocycles. The standard InChI is InChI=1S/C24H22FN11O4/c1-12-29-24(39-32-12)20-22(34-40-33-20)30-23(38)18-9-15(25)11-35(18)6-7-36-17-3-2-13(14-4-5-27-28-10-14)8-16(17)19(31-36)21(26)37/h2-5,8,10,15,18H,6-7,9,11H2,1H3,(H2,26,37)(H,30,34,38). The predicted octanol–water partition coefficient (Wildman–Crippen LogP) is 1.38. The van der Waals surface area contributed by atoms with Gasteiger partial charge in [-0.2, -0.15) is 20.3 Å². The number of nitrogens with zero attached hydrogens (tertiary/aromatic N) is 9. The lowest BCUT2D eigenvalue weighted by molar-refractivity contribution is -0.120. The molecule has 2 unspecified atom stereocenters. The molecule has 1 aliphatic heterocycles. The van der Waals surface area contributed by atoms with E-state index in [9.17, 15) is 14.0 Å². The molecule has 0 radical (unpaired) electrons. The Morgan fingerprint density at radius 3 is 2.77 bits per heavy atom. The molecule has 204 valence electrons. The van der Waals surface area contributed by atoms with Gasteiger partial charge in [0.1, 0.15) is 6.17 Å². The molecule has 0 aliphatic carbocycles. The third-order valence-electron chi connectivity index (χ3n) is 6.62. The molecule has 0 saturated carbocycles. The van der Waals surface area contributed by atoms with E-state index in [-0.39, 0.29) is 49.2 Å². The first-order chi connectivity index (χ1) is 19.4. The molecule has 4 aromatic heterocycles. The summed E-state index contributed by atoms with van der Waals surface area (Å²) < 4.78 is 26.0. The second kappa shape index (κ2) is 10.2. The van der Waals surface area contributed by atoms with Crippen LogP contribution in [0.3, 0.4) is 0 Å². The molecule has 0 spiro atoms. The smallest absolute Gasteiger partial charge is 0.284 e. The van der Waals surface area contributed by atoms with Crippen molar-refractivity contribution in [3.8, 4) is 22.7 Å². The highest BCUT2D eigenvalue weighted by molar-refractivity contribution is 6.05. The van der Waals surface area contributed by atoms with E-state index >= 15 is 0 Å². The second-order valence-electron chi connectivity index (χ2n) is 9.24. The van der Waals surface area contributed by atoms with Crippen LogP contribution in [0.25, 0.3) is 33.6 Å². The summed E-state index contributed by atoms with van der Waals surface area (Å²) in [4.78, 5) is 31.1. The minimum Gasteiger partial charge on any atom is -0.364 e. The van der Waals surface area contributed by atoms with Crippen LogP contribution in [0.1, 0.15) is 22.7 Å². The van der Waals surface area contributed by atoms with Crippen molar-refractivity contribution in [3.63, 3.8) is 0 Å². The summed E-state index contributed by atoms with van der Waals surface area (Å²) in [5.74, 6) is -0.787. The fraction of sp³-hybridized carbons (Fsp3) is 0.292. The van der Waals surface area contributed by atoms with Gasteiger partial charge in [0.2, 0.25) is 17.4 Å². The van der Waals surface area contributed by atoms with Crippen molar-refractivity contribution in [3.05, 3.63) is 48.2 Å². The van der Waals surface area contributed by atoms with Crippen molar-refractivity contribution in [2.24, 2.45) is 5.73 Å². The zero-order chi connectivity index (χ0) is 27.8. The Balaban J connectivity index is 1.21. The highest BCUT2D eigenvalue weighted by Crippen LogP contribution is 2.28. The topological polar surface area (TPSA) is 197 Å². The number of hydrogen-bond acceptors (Lipinski definition) is 12. The van der Waals surface area contributed by atoms with Crippen molar-refractivity contribution in [1.82, 2.24) is 45.3 Å². The number of benzene rings is 1. The molecule has 2 amide bonds. The van der Waals surface area contributed by atoms with Gasteiger partial charge >= 0.3 is 0 Å². The maximum atomic E-state index is 14.5. The molecule has 16 heteroatoms. The summed E-state index contributed by atoms with van der Waals surface area (Å²) >= 11 is 0. The molecule has 3 N–H and O–H groups in total. The number of primary amides is 1. The number of anilines is 1. The fourth-order valence-corrected chi connectivity index (χ4v) is 4.77. The van der Waals surface area contributed by atoms with Crippen LogP contribution < -0.4 is 11.1 Å². The van der Waals surface area contributed by atoms with Crippen LogP contribution in [0.5, 0.6) is 0 Å². The zero-order valence-electron chi connectivity index (χ0n) is 21.1. The van der Waals surface area contributed by atoms with Gasteiger partial charge in [-0.3, -0.25) is 19.2 Å². The van der Waals surface area contributed by atoms with Crippen LogP contribution in [0.15, 0.2) is 45.8 Å². The fourth-order valence-electron chi connectivity index (χ4n) is 4.77. The van der Waals surface area contributed by atoms with Gasteiger partial charge in [-0.1, -0.05) is 11.2 Å². The van der Waals surface area contributed by atoms with Crippen LogP contribution in [0.2, 0.25) is 0 Å². The van der Waals surface area contributed by atoms with Crippen LogP contribution in [0.4, 0.5) is 10.2 Å². The quantitative estimate of drug-likeness (QED) is 0.283. The van der Waals surface area contributed by atoms with Gasteiger partial charge in [0, 0.05) is 30.5 Å². The van der Waals surface area contributed by atoms with Crippen LogP contribution in [-0.4, -0.2) is 82.4 Å². The Hall–Kier alpha value is -5.12. The molecule has 2 atom stereocenters. The van der Waals surface area contributed by atoms with Crippen LogP contribution >= 0.6 is 0 Å². The Morgan fingerprint density at radius 2 is 2.02 bits per heavy atom. The lowest BCUT2D eigenvalue weighted by Gasteiger charge is -2.22. The molecule has 5 aromatic rings. The number of rotatable bonds is 8. The first-order valence-corrected chi connectivity index (χ1v) is 12.3. The lowest BCUT2D eigenvalue weighted by atomic mass is 10.0. The van der Waals surface area contributed by atoms with Crippen molar-refractivity contribution in [2.75, 3.05) is 18.4 Å². The van der Waals surface area contributed by atoms with E-state index < -0.39 is 24.0 Å². The number of aryl methyl sites for hydroxylation is 1. The van der Waals surface area contributed by atoms with E-state index in [1.807, 2.05) is 18.2 Å². The summed E-state index contributed by atoms with van der Waals surface area (Å²) in [6.07, 6.45) is 1.96. The van der Waals surface area contributed by atoms with Gasteiger partial charge in [-0.25, -0.2) is 9.02 Å². The SMILES string of the molecule is Cc1noc(-c2nonc2NC(=O)C2CC(F)CN2CCn2nc(C(N)=O)c3cc(-c4ccnnc4)ccc32)n1. The number of nitrogens with two attached hydrogens (primary N) is 1. The molecule has 0 bridgehead atoms. The van der Waals surface area contributed by atoms with Crippen LogP contribution in [-0.2, 0) is 11.3 Å². The van der Waals surface area contributed by atoms with Gasteiger partial charge in [0.15, 0.2) is 11.5 Å². The largest absolute Gasteiger partial charge is 0.364 e.